The van der Waals surface area contributed by atoms with Crippen molar-refractivity contribution in [1.82, 2.24) is 0 Å². The maximum atomic E-state index is 5.66. The first kappa shape index (κ1) is 9.34. The van der Waals surface area contributed by atoms with E-state index in [1.807, 2.05) is 12.1 Å². The minimum Gasteiger partial charge on any atom is -0.493 e. The average molecular weight is 194 g/mol. The number of rotatable bonds is 2. The fourth-order valence-electron chi connectivity index (χ4n) is 1.68. The summed E-state index contributed by atoms with van der Waals surface area (Å²) in [6.07, 6.45) is 1.74. The lowest BCUT2D eigenvalue weighted by Gasteiger charge is -2.25. The van der Waals surface area contributed by atoms with Crippen molar-refractivity contribution in [1.29, 1.82) is 0 Å². The third-order valence-electron chi connectivity index (χ3n) is 2.44. The van der Waals surface area contributed by atoms with E-state index in [0.717, 1.165) is 24.3 Å². The topological polar surface area (TPSA) is 27.7 Å². The highest BCUT2D eigenvalue weighted by molar-refractivity contribution is 5.47. The van der Waals surface area contributed by atoms with E-state index in [4.69, 9.17) is 14.2 Å². The van der Waals surface area contributed by atoms with E-state index in [2.05, 4.69) is 6.07 Å². The number of para-hydroxylation sites is 1. The number of hydrogen-bond acceptors (Lipinski definition) is 3. The Hall–Kier alpha value is -1.22. The highest BCUT2D eigenvalue weighted by Crippen LogP contribution is 2.36. The summed E-state index contributed by atoms with van der Waals surface area (Å²) in [5.41, 5.74) is 1.19. The molecule has 1 aromatic rings. The van der Waals surface area contributed by atoms with Crippen molar-refractivity contribution < 1.29 is 14.2 Å². The molecule has 0 saturated carbocycles. The minimum atomic E-state index is -0.140. The first-order valence-corrected chi connectivity index (χ1v) is 4.70. The highest BCUT2D eigenvalue weighted by atomic mass is 16.7. The summed E-state index contributed by atoms with van der Waals surface area (Å²) in [4.78, 5) is 0. The van der Waals surface area contributed by atoms with Crippen LogP contribution in [-0.4, -0.2) is 20.5 Å². The van der Waals surface area contributed by atoms with E-state index < -0.39 is 0 Å². The van der Waals surface area contributed by atoms with Crippen molar-refractivity contribution in [2.45, 2.75) is 19.1 Å². The normalized spacial score (nSPS) is 19.7. The Bertz CT molecular complexity index is 308. The highest BCUT2D eigenvalue weighted by Gasteiger charge is 2.21. The molecule has 0 bridgehead atoms. The number of ether oxygens (including phenoxy) is 3. The maximum Gasteiger partial charge on any atom is 0.200 e. The van der Waals surface area contributed by atoms with Gasteiger partial charge in [0.2, 0.25) is 0 Å². The van der Waals surface area contributed by atoms with Gasteiger partial charge in [0.05, 0.1) is 7.11 Å². The lowest BCUT2D eigenvalue weighted by molar-refractivity contribution is -0.0665. The molecule has 0 N–H and O–H groups in total. The molecule has 1 aliphatic rings. The Morgan fingerprint density at radius 1 is 1.36 bits per heavy atom. The number of hydrogen-bond donors (Lipinski definition) is 0. The monoisotopic (exact) mass is 194 g/mol. The standard InChI is InChI=1S/C11H14O3/c1-12-9-5-3-4-8-6-7-10(13-2)14-11(8)9/h3-5,10H,6-7H2,1-2H3. The summed E-state index contributed by atoms with van der Waals surface area (Å²) in [6.45, 7) is 0. The fourth-order valence-corrected chi connectivity index (χ4v) is 1.68. The number of benzene rings is 1. The van der Waals surface area contributed by atoms with Crippen LogP contribution in [0.5, 0.6) is 11.5 Å². The van der Waals surface area contributed by atoms with Crippen molar-refractivity contribution >= 4 is 0 Å². The maximum absolute atomic E-state index is 5.66. The van der Waals surface area contributed by atoms with E-state index in [0.29, 0.717) is 0 Å². The summed E-state index contributed by atoms with van der Waals surface area (Å²) < 4.78 is 16.1. The third-order valence-corrected chi connectivity index (χ3v) is 2.44. The molecule has 2 rings (SSSR count). The lowest BCUT2D eigenvalue weighted by atomic mass is 10.1. The van der Waals surface area contributed by atoms with Gasteiger partial charge in [0.25, 0.3) is 0 Å². The van der Waals surface area contributed by atoms with Gasteiger partial charge in [-0.25, -0.2) is 0 Å². The molecule has 0 radical (unpaired) electrons. The molecule has 14 heavy (non-hydrogen) atoms. The lowest BCUT2D eigenvalue weighted by Crippen LogP contribution is -2.24. The van der Waals surface area contributed by atoms with E-state index in [-0.39, 0.29) is 6.29 Å². The van der Waals surface area contributed by atoms with Crippen LogP contribution in [0.4, 0.5) is 0 Å². The minimum absolute atomic E-state index is 0.140. The van der Waals surface area contributed by atoms with Crippen LogP contribution < -0.4 is 9.47 Å². The zero-order valence-corrected chi connectivity index (χ0v) is 8.45. The average Bonchev–Trinajstić information content (AvgIpc) is 2.27. The molecule has 0 aliphatic carbocycles. The van der Waals surface area contributed by atoms with Gasteiger partial charge in [0.1, 0.15) is 0 Å². The van der Waals surface area contributed by atoms with E-state index in [1.54, 1.807) is 14.2 Å². The van der Waals surface area contributed by atoms with Crippen molar-refractivity contribution in [3.8, 4) is 11.5 Å². The SMILES string of the molecule is COc1cccc2c1OC(OC)CC2. The predicted molar refractivity (Wildman–Crippen MR) is 52.7 cm³/mol. The Kier molecular flexibility index (Phi) is 2.59. The van der Waals surface area contributed by atoms with Gasteiger partial charge in [0, 0.05) is 13.5 Å². The van der Waals surface area contributed by atoms with Crippen LogP contribution in [-0.2, 0) is 11.2 Å². The number of aryl methyl sites for hydroxylation is 1. The second-order valence-corrected chi connectivity index (χ2v) is 3.27. The second-order valence-electron chi connectivity index (χ2n) is 3.27. The van der Waals surface area contributed by atoms with E-state index >= 15 is 0 Å². The number of methoxy groups -OCH3 is 2. The quantitative estimate of drug-likeness (QED) is 0.720. The van der Waals surface area contributed by atoms with Crippen LogP contribution in [0.3, 0.4) is 0 Å². The first-order chi connectivity index (χ1) is 6.85. The molecule has 1 unspecified atom stereocenters. The third kappa shape index (κ3) is 1.55. The summed E-state index contributed by atoms with van der Waals surface area (Å²) in [5.74, 6) is 1.61. The molecule has 0 saturated heterocycles. The largest absolute Gasteiger partial charge is 0.493 e. The first-order valence-electron chi connectivity index (χ1n) is 4.70. The molecular weight excluding hydrogens is 180 g/mol. The van der Waals surface area contributed by atoms with Gasteiger partial charge in [-0.05, 0) is 18.1 Å². The van der Waals surface area contributed by atoms with Crippen LogP contribution in [0.1, 0.15) is 12.0 Å². The van der Waals surface area contributed by atoms with Gasteiger partial charge >= 0.3 is 0 Å². The molecule has 0 amide bonds. The molecular formula is C11H14O3. The molecule has 0 spiro atoms. The molecule has 1 heterocycles. The Labute approximate surface area is 83.6 Å². The molecule has 76 valence electrons. The predicted octanol–water partition coefficient (Wildman–Crippen LogP) is 1.99. The smallest absolute Gasteiger partial charge is 0.200 e. The van der Waals surface area contributed by atoms with Gasteiger partial charge in [-0.15, -0.1) is 0 Å². The van der Waals surface area contributed by atoms with Crippen molar-refractivity contribution in [3.63, 3.8) is 0 Å². The number of fused-ring (bicyclic) bond motifs is 1. The second kappa shape index (κ2) is 3.88. The molecule has 0 fully saturated rings. The Morgan fingerprint density at radius 2 is 2.21 bits per heavy atom. The van der Waals surface area contributed by atoms with Crippen molar-refractivity contribution in [2.75, 3.05) is 14.2 Å². The van der Waals surface area contributed by atoms with Crippen molar-refractivity contribution in [2.24, 2.45) is 0 Å². The summed E-state index contributed by atoms with van der Waals surface area (Å²) in [6, 6.07) is 5.94. The van der Waals surface area contributed by atoms with Gasteiger partial charge in [-0.2, -0.15) is 0 Å². The summed E-state index contributed by atoms with van der Waals surface area (Å²) in [5, 5.41) is 0. The van der Waals surface area contributed by atoms with E-state index in [1.165, 1.54) is 5.56 Å². The van der Waals surface area contributed by atoms with Crippen LogP contribution in [0.2, 0.25) is 0 Å². The Balaban J connectivity index is 2.33. The molecule has 1 aliphatic heterocycles. The van der Waals surface area contributed by atoms with Gasteiger partial charge in [-0.1, -0.05) is 12.1 Å². The molecule has 1 aromatic carbocycles. The zero-order chi connectivity index (χ0) is 9.97. The van der Waals surface area contributed by atoms with Crippen molar-refractivity contribution in [3.05, 3.63) is 23.8 Å². The van der Waals surface area contributed by atoms with Crippen LogP contribution in [0.15, 0.2) is 18.2 Å². The Morgan fingerprint density at radius 3 is 2.93 bits per heavy atom. The van der Waals surface area contributed by atoms with Gasteiger partial charge < -0.3 is 14.2 Å². The summed E-state index contributed by atoms with van der Waals surface area (Å²) in [7, 11) is 3.31. The molecule has 3 heteroatoms. The van der Waals surface area contributed by atoms with Crippen LogP contribution in [0, 0.1) is 0 Å². The summed E-state index contributed by atoms with van der Waals surface area (Å²) >= 11 is 0. The molecule has 1 atom stereocenters. The van der Waals surface area contributed by atoms with Crippen LogP contribution >= 0.6 is 0 Å². The molecule has 0 aromatic heterocycles. The zero-order valence-electron chi connectivity index (χ0n) is 8.45. The fraction of sp³-hybridized carbons (Fsp3) is 0.455. The van der Waals surface area contributed by atoms with E-state index in [9.17, 15) is 0 Å². The molecule has 3 nitrogen and oxygen atoms in total. The van der Waals surface area contributed by atoms with Gasteiger partial charge in [0.15, 0.2) is 17.8 Å². The van der Waals surface area contributed by atoms with Gasteiger partial charge in [-0.3, -0.25) is 0 Å². The van der Waals surface area contributed by atoms with Crippen LogP contribution in [0.25, 0.3) is 0 Å².